The van der Waals surface area contributed by atoms with Gasteiger partial charge >= 0.3 is 0 Å². The number of hydrogen-bond donors (Lipinski definition) is 1. The van der Waals surface area contributed by atoms with Gasteiger partial charge in [-0.05, 0) is 12.1 Å². The van der Waals surface area contributed by atoms with Gasteiger partial charge < -0.3 is 10.5 Å². The van der Waals surface area contributed by atoms with Crippen molar-refractivity contribution in [3.05, 3.63) is 30.1 Å². The SMILES string of the molecule is C1=NCCO1.NC(=O)c1ccccn1.[Cu]. The topological polar surface area (TPSA) is 77.6 Å². The zero-order valence-electron chi connectivity index (χ0n) is 7.89. The zero-order valence-corrected chi connectivity index (χ0v) is 8.83. The molecule has 0 aliphatic carbocycles. The number of ether oxygens (including phenoxy) is 1. The summed E-state index contributed by atoms with van der Waals surface area (Å²) in [6, 6.07) is 5.02. The molecule has 0 atom stereocenters. The van der Waals surface area contributed by atoms with Crippen LogP contribution in [0.4, 0.5) is 0 Å². The predicted octanol–water partition coefficient (Wildman–Crippen LogP) is 0.223. The van der Waals surface area contributed by atoms with Crippen LogP contribution in [0.25, 0.3) is 0 Å². The summed E-state index contributed by atoms with van der Waals surface area (Å²) in [5.41, 5.74) is 5.22. The Kier molecular flexibility index (Phi) is 7.22. The van der Waals surface area contributed by atoms with Crippen LogP contribution in [0.5, 0.6) is 0 Å². The number of amides is 1. The maximum Gasteiger partial charge on any atom is 0.267 e. The molecular formula is C9H11CuN3O2. The molecule has 1 amide bonds. The predicted molar refractivity (Wildman–Crippen MR) is 52.1 cm³/mol. The van der Waals surface area contributed by atoms with Gasteiger partial charge in [-0.25, -0.2) is 0 Å². The second-order valence-corrected chi connectivity index (χ2v) is 2.46. The van der Waals surface area contributed by atoms with E-state index in [2.05, 4.69) is 14.7 Å². The van der Waals surface area contributed by atoms with Crippen molar-refractivity contribution >= 4 is 12.3 Å². The molecule has 0 saturated carbocycles. The molecule has 0 bridgehead atoms. The van der Waals surface area contributed by atoms with Crippen LogP contribution in [0.15, 0.2) is 29.4 Å². The van der Waals surface area contributed by atoms with Gasteiger partial charge in [0.15, 0.2) is 6.40 Å². The summed E-state index contributed by atoms with van der Waals surface area (Å²) < 4.78 is 4.65. The molecule has 1 aliphatic rings. The monoisotopic (exact) mass is 256 g/mol. The van der Waals surface area contributed by atoms with Crippen molar-refractivity contribution in [3.63, 3.8) is 0 Å². The molecule has 85 valence electrons. The number of nitrogens with zero attached hydrogens (tertiary/aromatic N) is 2. The molecule has 15 heavy (non-hydrogen) atoms. The van der Waals surface area contributed by atoms with Gasteiger partial charge in [0.2, 0.25) is 0 Å². The first-order valence-electron chi connectivity index (χ1n) is 4.11. The van der Waals surface area contributed by atoms with E-state index in [1.165, 1.54) is 12.6 Å². The summed E-state index contributed by atoms with van der Waals surface area (Å²) in [7, 11) is 0. The first kappa shape index (κ1) is 13.6. The van der Waals surface area contributed by atoms with Crippen molar-refractivity contribution in [3.8, 4) is 0 Å². The Hall–Kier alpha value is -1.39. The number of carbonyl (C=O) groups excluding carboxylic acids is 1. The molecule has 0 aromatic carbocycles. The molecule has 1 aromatic rings. The molecule has 2 rings (SSSR count). The number of rotatable bonds is 1. The largest absolute Gasteiger partial charge is 0.482 e. The third-order valence-electron chi connectivity index (χ3n) is 1.40. The Morgan fingerprint density at radius 3 is 2.53 bits per heavy atom. The van der Waals surface area contributed by atoms with Gasteiger partial charge in [-0.3, -0.25) is 14.8 Å². The molecule has 0 unspecified atom stereocenters. The van der Waals surface area contributed by atoms with Gasteiger partial charge in [0.25, 0.3) is 5.91 Å². The van der Waals surface area contributed by atoms with E-state index in [-0.39, 0.29) is 17.1 Å². The first-order valence-corrected chi connectivity index (χ1v) is 4.11. The van der Waals surface area contributed by atoms with Crippen molar-refractivity contribution in [2.24, 2.45) is 10.7 Å². The van der Waals surface area contributed by atoms with Crippen LogP contribution < -0.4 is 5.73 Å². The third-order valence-corrected chi connectivity index (χ3v) is 1.40. The minimum Gasteiger partial charge on any atom is -0.482 e. The fourth-order valence-corrected chi connectivity index (χ4v) is 0.772. The van der Waals surface area contributed by atoms with Crippen LogP contribution in [0, 0.1) is 0 Å². The van der Waals surface area contributed by atoms with E-state index in [0.29, 0.717) is 5.69 Å². The smallest absolute Gasteiger partial charge is 0.267 e. The van der Waals surface area contributed by atoms with E-state index in [0.717, 1.165) is 13.2 Å². The minimum atomic E-state index is -0.490. The van der Waals surface area contributed by atoms with Crippen molar-refractivity contribution in [1.29, 1.82) is 0 Å². The van der Waals surface area contributed by atoms with Crippen LogP contribution in [0.2, 0.25) is 0 Å². The van der Waals surface area contributed by atoms with Gasteiger partial charge in [0.1, 0.15) is 12.3 Å². The number of primary amides is 1. The molecular weight excluding hydrogens is 246 g/mol. The molecule has 6 heteroatoms. The van der Waals surface area contributed by atoms with Gasteiger partial charge in [-0.1, -0.05) is 6.07 Å². The summed E-state index contributed by atoms with van der Waals surface area (Å²) in [5.74, 6) is -0.490. The molecule has 0 fully saturated rings. The maximum absolute atomic E-state index is 10.4. The van der Waals surface area contributed by atoms with Crippen LogP contribution in [-0.4, -0.2) is 30.4 Å². The first-order chi connectivity index (χ1) is 6.80. The summed E-state index contributed by atoms with van der Waals surface area (Å²) in [6.45, 7) is 1.62. The minimum absolute atomic E-state index is 0. The number of nitrogens with two attached hydrogens (primary N) is 1. The second kappa shape index (κ2) is 7.96. The van der Waals surface area contributed by atoms with E-state index in [9.17, 15) is 4.79 Å². The number of hydrogen-bond acceptors (Lipinski definition) is 4. The number of aliphatic imine (C=N–C) groups is 1. The van der Waals surface area contributed by atoms with Crippen LogP contribution in [0.1, 0.15) is 10.5 Å². The van der Waals surface area contributed by atoms with Crippen molar-refractivity contribution in [2.75, 3.05) is 13.2 Å². The van der Waals surface area contributed by atoms with Gasteiger partial charge in [0, 0.05) is 23.3 Å². The van der Waals surface area contributed by atoms with Gasteiger partial charge in [-0.15, -0.1) is 0 Å². The summed E-state index contributed by atoms with van der Waals surface area (Å²) in [6.07, 6.45) is 3.01. The molecule has 5 nitrogen and oxygen atoms in total. The Labute approximate surface area is 98.2 Å². The Bertz CT molecular complexity index is 310. The maximum atomic E-state index is 10.4. The third kappa shape index (κ3) is 5.83. The van der Waals surface area contributed by atoms with Crippen molar-refractivity contribution < 1.29 is 26.6 Å². The van der Waals surface area contributed by atoms with Crippen LogP contribution in [0.3, 0.4) is 0 Å². The molecule has 1 aromatic heterocycles. The fourth-order valence-electron chi connectivity index (χ4n) is 0.772. The average Bonchev–Trinajstić information content (AvgIpc) is 2.77. The molecule has 1 radical (unpaired) electrons. The number of pyridine rings is 1. The normalized spacial score (nSPS) is 11.7. The molecule has 2 heterocycles. The molecule has 0 saturated heterocycles. The fraction of sp³-hybridized carbons (Fsp3) is 0.222. The molecule has 2 N–H and O–H groups in total. The van der Waals surface area contributed by atoms with E-state index in [1.54, 1.807) is 18.2 Å². The van der Waals surface area contributed by atoms with Crippen molar-refractivity contribution in [2.45, 2.75) is 0 Å². The Balaban J connectivity index is 0.000000280. The standard InChI is InChI=1S/C6H6N2O.C3H5NO.Cu/c7-6(9)5-3-1-2-4-8-5;1-2-5-3-4-1;/h1-4H,(H2,7,9);3H,1-2H2;. The van der Waals surface area contributed by atoms with E-state index < -0.39 is 5.91 Å². The van der Waals surface area contributed by atoms with Gasteiger partial charge in [-0.2, -0.15) is 0 Å². The zero-order chi connectivity index (χ0) is 10.2. The van der Waals surface area contributed by atoms with E-state index >= 15 is 0 Å². The quantitative estimate of drug-likeness (QED) is 0.731. The second-order valence-electron chi connectivity index (χ2n) is 2.46. The summed E-state index contributed by atoms with van der Waals surface area (Å²) in [4.78, 5) is 17.8. The van der Waals surface area contributed by atoms with Crippen LogP contribution in [-0.2, 0) is 21.8 Å². The van der Waals surface area contributed by atoms with E-state index in [4.69, 9.17) is 5.73 Å². The molecule has 1 aliphatic heterocycles. The van der Waals surface area contributed by atoms with Crippen molar-refractivity contribution in [1.82, 2.24) is 4.98 Å². The number of aromatic nitrogens is 1. The van der Waals surface area contributed by atoms with E-state index in [1.807, 2.05) is 0 Å². The Morgan fingerprint density at radius 1 is 1.47 bits per heavy atom. The van der Waals surface area contributed by atoms with Crippen LogP contribution >= 0.6 is 0 Å². The Morgan fingerprint density at radius 2 is 2.27 bits per heavy atom. The van der Waals surface area contributed by atoms with Gasteiger partial charge in [0.05, 0.1) is 6.54 Å². The molecule has 0 spiro atoms. The summed E-state index contributed by atoms with van der Waals surface area (Å²) >= 11 is 0. The average molecular weight is 257 g/mol. The number of carbonyl (C=O) groups is 1. The summed E-state index contributed by atoms with van der Waals surface area (Å²) in [5, 5.41) is 0.